The second-order valence-corrected chi connectivity index (χ2v) is 7.24. The number of hydrogen-bond acceptors (Lipinski definition) is 3. The summed E-state index contributed by atoms with van der Waals surface area (Å²) >= 11 is 0. The topological polar surface area (TPSA) is 55.3 Å². The van der Waals surface area contributed by atoms with Crippen molar-refractivity contribution in [2.75, 3.05) is 6.61 Å². The predicted octanol–water partition coefficient (Wildman–Crippen LogP) is 3.16. The molecule has 3 rings (SSSR count). The largest absolute Gasteiger partial charge is 0.507 e. The van der Waals surface area contributed by atoms with E-state index in [1.807, 2.05) is 49.1 Å². The summed E-state index contributed by atoms with van der Waals surface area (Å²) in [4.78, 5) is 12.2. The van der Waals surface area contributed by atoms with E-state index >= 15 is 0 Å². The van der Waals surface area contributed by atoms with Crippen LogP contribution in [0.5, 0.6) is 5.75 Å². The summed E-state index contributed by atoms with van der Waals surface area (Å²) in [5, 5.41) is 10.6. The van der Waals surface area contributed by atoms with Gasteiger partial charge in [-0.2, -0.15) is 0 Å². The van der Waals surface area contributed by atoms with Crippen LogP contribution in [0.4, 0.5) is 0 Å². The zero-order valence-corrected chi connectivity index (χ0v) is 15.8. The first-order valence-corrected chi connectivity index (χ1v) is 9.54. The van der Waals surface area contributed by atoms with Gasteiger partial charge in [-0.3, -0.25) is 4.79 Å². The van der Waals surface area contributed by atoms with Crippen molar-refractivity contribution < 1.29 is 19.2 Å². The Morgan fingerprint density at radius 2 is 2.08 bits per heavy atom. The molecule has 1 aliphatic rings. The van der Waals surface area contributed by atoms with E-state index < -0.39 is 0 Å². The van der Waals surface area contributed by atoms with E-state index in [0.29, 0.717) is 24.6 Å². The maximum atomic E-state index is 12.2. The number of para-hydroxylation sites is 1. The van der Waals surface area contributed by atoms with Crippen molar-refractivity contribution in [1.82, 2.24) is 4.57 Å². The molecule has 0 bridgehead atoms. The van der Waals surface area contributed by atoms with Crippen LogP contribution in [-0.4, -0.2) is 22.2 Å². The zero-order valence-electron chi connectivity index (χ0n) is 15.8. The van der Waals surface area contributed by atoms with Gasteiger partial charge in [0.2, 0.25) is 0 Å². The highest BCUT2D eigenvalue weighted by Gasteiger charge is 2.21. The quantitative estimate of drug-likeness (QED) is 0.638. The molecule has 1 fully saturated rings. The Hall–Kier alpha value is -2.30. The molecule has 2 aromatic rings. The van der Waals surface area contributed by atoms with Gasteiger partial charge in [0, 0.05) is 12.5 Å². The number of phenols is 1. The van der Waals surface area contributed by atoms with Crippen LogP contribution >= 0.6 is 0 Å². The Kier molecular flexibility index (Phi) is 5.96. The highest BCUT2D eigenvalue weighted by Crippen LogP contribution is 2.38. The van der Waals surface area contributed by atoms with Crippen LogP contribution in [0.3, 0.4) is 0 Å². The van der Waals surface area contributed by atoms with Gasteiger partial charge < -0.3 is 9.84 Å². The average molecular weight is 357 g/mol. The number of esters is 1. The third-order valence-electron chi connectivity index (χ3n) is 5.52. The molecule has 1 N–H and O–H groups in total. The number of carbonyl (C=O) groups excluding carboxylic acids is 1. The number of hydrogen-bond donors (Lipinski definition) is 1. The Morgan fingerprint density at radius 1 is 1.31 bits per heavy atom. The molecule has 1 aliphatic carbocycles. The molecule has 1 heterocycles. The van der Waals surface area contributed by atoms with Crippen LogP contribution in [0.15, 0.2) is 30.6 Å². The van der Waals surface area contributed by atoms with Gasteiger partial charge in [0.05, 0.1) is 13.5 Å². The monoisotopic (exact) mass is 357 g/mol. The fourth-order valence-corrected chi connectivity index (χ4v) is 3.80. The maximum Gasteiger partial charge on any atom is 0.310 e. The van der Waals surface area contributed by atoms with Crippen molar-refractivity contribution >= 4 is 5.97 Å². The summed E-state index contributed by atoms with van der Waals surface area (Å²) in [7, 11) is 1.99. The molecule has 0 atom stereocenters. The Bertz CT molecular complexity index is 761. The Labute approximate surface area is 155 Å². The SMILES string of the molecule is Cc1n(CCOC(=O)Cc2cccc(C3CCCCC3)c2O)cc[n+]1C. The lowest BCUT2D eigenvalue weighted by Crippen LogP contribution is -2.30. The smallest absolute Gasteiger partial charge is 0.310 e. The van der Waals surface area contributed by atoms with Crippen LogP contribution in [0.25, 0.3) is 0 Å². The van der Waals surface area contributed by atoms with E-state index in [1.165, 1.54) is 19.3 Å². The molecule has 5 heteroatoms. The second kappa shape index (κ2) is 8.39. The number of aryl methyl sites for hydroxylation is 1. The molecule has 1 aromatic heterocycles. The molecule has 1 aromatic carbocycles. The van der Waals surface area contributed by atoms with Gasteiger partial charge in [0.1, 0.15) is 31.3 Å². The van der Waals surface area contributed by atoms with Gasteiger partial charge in [-0.1, -0.05) is 37.5 Å². The lowest BCUT2D eigenvalue weighted by Gasteiger charge is -2.23. The summed E-state index contributed by atoms with van der Waals surface area (Å²) < 4.78 is 9.45. The third-order valence-corrected chi connectivity index (χ3v) is 5.52. The van der Waals surface area contributed by atoms with Crippen molar-refractivity contribution in [1.29, 1.82) is 0 Å². The highest BCUT2D eigenvalue weighted by atomic mass is 16.5. The molecule has 0 amide bonds. The van der Waals surface area contributed by atoms with Gasteiger partial charge >= 0.3 is 5.97 Å². The van der Waals surface area contributed by atoms with E-state index in [-0.39, 0.29) is 18.1 Å². The van der Waals surface area contributed by atoms with E-state index in [1.54, 1.807) is 0 Å². The van der Waals surface area contributed by atoms with Crippen LogP contribution in [0, 0.1) is 6.92 Å². The number of carbonyl (C=O) groups is 1. The second-order valence-electron chi connectivity index (χ2n) is 7.24. The number of aromatic nitrogens is 2. The number of imidazole rings is 1. The number of aromatic hydroxyl groups is 1. The minimum atomic E-state index is -0.296. The predicted molar refractivity (Wildman–Crippen MR) is 98.9 cm³/mol. The minimum Gasteiger partial charge on any atom is -0.507 e. The lowest BCUT2D eigenvalue weighted by molar-refractivity contribution is -0.677. The van der Waals surface area contributed by atoms with E-state index in [0.717, 1.165) is 24.2 Å². The van der Waals surface area contributed by atoms with Crippen LogP contribution < -0.4 is 4.57 Å². The molecule has 0 radical (unpaired) electrons. The third kappa shape index (κ3) is 4.26. The van der Waals surface area contributed by atoms with Crippen LogP contribution in [0.1, 0.15) is 55.0 Å². The average Bonchev–Trinajstić information content (AvgIpc) is 2.96. The molecule has 140 valence electrons. The summed E-state index contributed by atoms with van der Waals surface area (Å²) in [6.45, 7) is 2.99. The fourth-order valence-electron chi connectivity index (χ4n) is 3.80. The van der Waals surface area contributed by atoms with Crippen molar-refractivity contribution in [3.63, 3.8) is 0 Å². The molecule has 0 saturated heterocycles. The summed E-state index contributed by atoms with van der Waals surface area (Å²) in [6, 6.07) is 5.75. The van der Waals surface area contributed by atoms with Gasteiger partial charge in [-0.25, -0.2) is 9.13 Å². The van der Waals surface area contributed by atoms with Crippen LogP contribution in [-0.2, 0) is 29.5 Å². The maximum absolute atomic E-state index is 12.2. The molecule has 0 unspecified atom stereocenters. The van der Waals surface area contributed by atoms with Gasteiger partial charge in [0.25, 0.3) is 5.82 Å². The van der Waals surface area contributed by atoms with Crippen molar-refractivity contribution in [3.05, 3.63) is 47.5 Å². The number of nitrogens with zero attached hydrogens (tertiary/aromatic N) is 2. The Balaban J connectivity index is 1.56. The molecule has 26 heavy (non-hydrogen) atoms. The van der Waals surface area contributed by atoms with E-state index in [2.05, 4.69) is 4.57 Å². The fraction of sp³-hybridized carbons (Fsp3) is 0.524. The first-order chi connectivity index (χ1) is 12.6. The van der Waals surface area contributed by atoms with Gasteiger partial charge in [-0.15, -0.1) is 0 Å². The molecule has 0 spiro atoms. The number of benzene rings is 1. The zero-order chi connectivity index (χ0) is 18.5. The normalized spacial score (nSPS) is 15.2. The first kappa shape index (κ1) is 18.5. The summed E-state index contributed by atoms with van der Waals surface area (Å²) in [6.07, 6.45) is 10.0. The Morgan fingerprint density at radius 3 is 2.77 bits per heavy atom. The molecular weight excluding hydrogens is 328 g/mol. The molecular formula is C21H29N2O3+. The summed E-state index contributed by atoms with van der Waals surface area (Å²) in [5.41, 5.74) is 1.66. The van der Waals surface area contributed by atoms with Crippen LogP contribution in [0.2, 0.25) is 0 Å². The van der Waals surface area contributed by atoms with Crippen molar-refractivity contribution in [2.45, 2.75) is 57.9 Å². The number of phenolic OH excluding ortho intramolecular Hbond substituents is 1. The van der Waals surface area contributed by atoms with Crippen molar-refractivity contribution in [2.24, 2.45) is 7.05 Å². The lowest BCUT2D eigenvalue weighted by atomic mass is 9.83. The first-order valence-electron chi connectivity index (χ1n) is 9.54. The highest BCUT2D eigenvalue weighted by molar-refractivity contribution is 5.73. The number of rotatable bonds is 6. The van der Waals surface area contributed by atoms with Gasteiger partial charge in [-0.05, 0) is 24.3 Å². The van der Waals surface area contributed by atoms with E-state index in [9.17, 15) is 9.90 Å². The van der Waals surface area contributed by atoms with Crippen molar-refractivity contribution in [3.8, 4) is 5.75 Å². The standard InChI is InChI=1S/C21H28N2O3/c1-16-22(2)11-12-23(16)13-14-26-20(24)15-18-9-6-10-19(21(18)25)17-7-4-3-5-8-17/h6,9-12,17H,3-5,7-8,13-15H2,1-2H3/p+1. The van der Waals surface area contributed by atoms with E-state index in [4.69, 9.17) is 4.74 Å². The van der Waals surface area contributed by atoms with Gasteiger partial charge in [0.15, 0.2) is 0 Å². The summed E-state index contributed by atoms with van der Waals surface area (Å²) in [5.74, 6) is 1.51. The molecule has 0 aliphatic heterocycles. The number of ether oxygens (including phenoxy) is 1. The minimum absolute atomic E-state index is 0.116. The molecule has 5 nitrogen and oxygen atoms in total. The molecule has 1 saturated carbocycles.